The van der Waals surface area contributed by atoms with Crippen LogP contribution in [-0.4, -0.2) is 19.5 Å². The van der Waals surface area contributed by atoms with Gasteiger partial charge in [-0.25, -0.2) is 8.42 Å². The molecule has 0 bridgehead atoms. The van der Waals surface area contributed by atoms with E-state index >= 15 is 0 Å². The van der Waals surface area contributed by atoms with Crippen LogP contribution in [0.1, 0.15) is 54.2 Å². The van der Waals surface area contributed by atoms with Crippen molar-refractivity contribution in [2.24, 2.45) is 5.92 Å². The van der Waals surface area contributed by atoms with Gasteiger partial charge in [-0.05, 0) is 70.0 Å². The Balaban J connectivity index is 1.51. The summed E-state index contributed by atoms with van der Waals surface area (Å²) in [5, 5.41) is 10.0. The lowest BCUT2D eigenvalue weighted by Gasteiger charge is -2.19. The summed E-state index contributed by atoms with van der Waals surface area (Å²) < 4.78 is 68.8. The third-order valence-electron chi connectivity index (χ3n) is 7.35. The van der Waals surface area contributed by atoms with Crippen molar-refractivity contribution in [2.45, 2.75) is 50.1 Å². The van der Waals surface area contributed by atoms with Gasteiger partial charge in [0.25, 0.3) is 10.0 Å². The van der Waals surface area contributed by atoms with Gasteiger partial charge >= 0.3 is 12.1 Å². The standard InChI is InChI=1S/C35H32Cl2F3NO4S/c1-34(2,3)26-13-8-23(9-14-26)21-29-31(18-17-30(36)32(29)37)46(44,45)41-28-15-10-22(11-16-28)7-12-25(33(42)43)19-24-5-4-6-27(20-24)35(38,39)40/h4-18,20,25,41H,19,21H2,1-3H3,(H,42,43)/b12-7+. The molecule has 0 spiro atoms. The average molecular weight is 691 g/mol. The van der Waals surface area contributed by atoms with Crippen molar-refractivity contribution in [1.29, 1.82) is 0 Å². The molecule has 46 heavy (non-hydrogen) atoms. The monoisotopic (exact) mass is 689 g/mol. The number of alkyl halides is 3. The Morgan fingerprint density at radius 3 is 2.13 bits per heavy atom. The van der Waals surface area contributed by atoms with Gasteiger partial charge in [0.05, 0.1) is 26.4 Å². The SMILES string of the molecule is CC(C)(C)c1ccc(Cc2c(S(=O)(=O)Nc3ccc(/C=C/C(Cc4cccc(C(F)(F)F)c4)C(=O)O)cc3)ccc(Cl)c2Cl)cc1. The van der Waals surface area contributed by atoms with Crippen molar-refractivity contribution >= 4 is 51.0 Å². The first kappa shape index (κ1) is 35.1. The van der Waals surface area contributed by atoms with E-state index in [2.05, 4.69) is 25.5 Å². The fourth-order valence-electron chi connectivity index (χ4n) is 4.78. The Morgan fingerprint density at radius 2 is 1.54 bits per heavy atom. The largest absolute Gasteiger partial charge is 0.481 e. The van der Waals surface area contributed by atoms with Crippen LogP contribution in [0.4, 0.5) is 18.9 Å². The quantitative estimate of drug-likeness (QED) is 0.174. The van der Waals surface area contributed by atoms with Crippen LogP contribution < -0.4 is 4.72 Å². The highest BCUT2D eigenvalue weighted by Gasteiger charge is 2.30. The molecule has 0 radical (unpaired) electrons. The summed E-state index contributed by atoms with van der Waals surface area (Å²) in [7, 11) is -4.10. The van der Waals surface area contributed by atoms with Crippen LogP contribution in [0.3, 0.4) is 0 Å². The van der Waals surface area contributed by atoms with E-state index < -0.39 is 33.7 Å². The molecule has 0 aromatic heterocycles. The molecular formula is C35H32Cl2F3NO4S. The summed E-state index contributed by atoms with van der Waals surface area (Å²) in [4.78, 5) is 11.8. The molecule has 242 valence electrons. The third kappa shape index (κ3) is 8.93. The number of benzene rings is 4. The molecule has 0 aliphatic heterocycles. The van der Waals surface area contributed by atoms with Gasteiger partial charge in [-0.15, -0.1) is 0 Å². The van der Waals surface area contributed by atoms with Crippen molar-refractivity contribution in [3.8, 4) is 0 Å². The van der Waals surface area contributed by atoms with Crippen molar-refractivity contribution in [2.75, 3.05) is 4.72 Å². The zero-order valence-electron chi connectivity index (χ0n) is 25.2. The van der Waals surface area contributed by atoms with Gasteiger partial charge in [0.2, 0.25) is 0 Å². The second kappa shape index (κ2) is 13.9. The number of hydrogen-bond acceptors (Lipinski definition) is 3. The number of carbonyl (C=O) groups is 1. The molecule has 4 rings (SSSR count). The van der Waals surface area contributed by atoms with Gasteiger partial charge in [0.15, 0.2) is 0 Å². The van der Waals surface area contributed by atoms with Crippen LogP contribution in [-0.2, 0) is 39.3 Å². The molecule has 5 nitrogen and oxygen atoms in total. The summed E-state index contributed by atoms with van der Waals surface area (Å²) in [6.07, 6.45) is -1.53. The summed E-state index contributed by atoms with van der Waals surface area (Å²) in [6.45, 7) is 6.31. The maximum absolute atomic E-state index is 13.5. The average Bonchev–Trinajstić information content (AvgIpc) is 2.97. The van der Waals surface area contributed by atoms with E-state index in [1.165, 1.54) is 48.6 Å². The second-order valence-electron chi connectivity index (χ2n) is 11.9. The fourth-order valence-corrected chi connectivity index (χ4v) is 6.55. The first-order chi connectivity index (χ1) is 21.4. The van der Waals surface area contributed by atoms with E-state index in [1.54, 1.807) is 12.1 Å². The van der Waals surface area contributed by atoms with Crippen LogP contribution in [0.5, 0.6) is 0 Å². The molecule has 0 aliphatic carbocycles. The van der Waals surface area contributed by atoms with Gasteiger partial charge in [-0.1, -0.05) is 111 Å². The maximum atomic E-state index is 13.5. The van der Waals surface area contributed by atoms with Crippen molar-refractivity contribution in [3.63, 3.8) is 0 Å². The Hall–Kier alpha value is -3.79. The molecule has 0 aliphatic rings. The minimum Gasteiger partial charge on any atom is -0.481 e. The van der Waals surface area contributed by atoms with Gasteiger partial charge in [0, 0.05) is 12.1 Å². The van der Waals surface area contributed by atoms with Gasteiger partial charge in [0.1, 0.15) is 0 Å². The molecule has 1 unspecified atom stereocenters. The predicted octanol–water partition coefficient (Wildman–Crippen LogP) is 9.66. The Morgan fingerprint density at radius 1 is 0.891 bits per heavy atom. The molecule has 4 aromatic carbocycles. The van der Waals surface area contributed by atoms with Gasteiger partial charge in [-0.2, -0.15) is 13.2 Å². The van der Waals surface area contributed by atoms with E-state index in [-0.39, 0.29) is 44.4 Å². The molecule has 4 aromatic rings. The molecular weight excluding hydrogens is 658 g/mol. The van der Waals surface area contributed by atoms with E-state index in [9.17, 15) is 31.5 Å². The van der Waals surface area contributed by atoms with Gasteiger partial charge < -0.3 is 5.11 Å². The Bertz CT molecular complexity index is 1850. The van der Waals surface area contributed by atoms with Crippen LogP contribution >= 0.6 is 23.2 Å². The molecule has 1 atom stereocenters. The number of aliphatic carboxylic acids is 1. The molecule has 0 heterocycles. The number of anilines is 1. The highest BCUT2D eigenvalue weighted by molar-refractivity contribution is 7.92. The smallest absolute Gasteiger partial charge is 0.416 e. The van der Waals surface area contributed by atoms with Crippen molar-refractivity contribution < 1.29 is 31.5 Å². The number of rotatable bonds is 10. The zero-order chi connectivity index (χ0) is 33.9. The lowest BCUT2D eigenvalue weighted by Crippen LogP contribution is -2.16. The van der Waals surface area contributed by atoms with Crippen LogP contribution in [0.2, 0.25) is 10.0 Å². The second-order valence-corrected chi connectivity index (χ2v) is 14.3. The minimum atomic E-state index is -4.53. The molecule has 0 amide bonds. The summed E-state index contributed by atoms with van der Waals surface area (Å²) in [5.74, 6) is -2.28. The lowest BCUT2D eigenvalue weighted by molar-refractivity contribution is -0.140. The number of hydrogen-bond donors (Lipinski definition) is 2. The maximum Gasteiger partial charge on any atom is 0.416 e. The van der Waals surface area contributed by atoms with Crippen LogP contribution in [0, 0.1) is 5.92 Å². The normalized spacial score (nSPS) is 13.1. The number of sulfonamides is 1. The summed E-state index contributed by atoms with van der Waals surface area (Å²) >= 11 is 12.8. The topological polar surface area (TPSA) is 83.5 Å². The van der Waals surface area contributed by atoms with E-state index in [0.717, 1.165) is 23.3 Å². The number of carboxylic acids is 1. The van der Waals surface area contributed by atoms with Crippen LogP contribution in [0.25, 0.3) is 6.08 Å². The third-order valence-corrected chi connectivity index (χ3v) is 9.66. The number of halogens is 5. The predicted molar refractivity (Wildman–Crippen MR) is 177 cm³/mol. The Labute approximate surface area is 276 Å². The van der Waals surface area contributed by atoms with Gasteiger partial charge in [-0.3, -0.25) is 9.52 Å². The van der Waals surface area contributed by atoms with E-state index in [1.807, 2.05) is 24.3 Å². The number of carboxylic acid groups (broad SMARTS) is 1. The highest BCUT2D eigenvalue weighted by Crippen LogP contribution is 2.34. The Kier molecular flexibility index (Phi) is 10.6. The molecule has 11 heteroatoms. The van der Waals surface area contributed by atoms with Crippen molar-refractivity contribution in [1.82, 2.24) is 0 Å². The summed E-state index contributed by atoms with van der Waals surface area (Å²) in [5.41, 5.74) is 2.51. The van der Waals surface area contributed by atoms with Crippen LogP contribution in [0.15, 0.2) is 95.9 Å². The van der Waals surface area contributed by atoms with Crippen molar-refractivity contribution in [3.05, 3.63) is 134 Å². The fraction of sp³-hybridized carbons (Fsp3) is 0.229. The lowest BCUT2D eigenvalue weighted by atomic mass is 9.86. The zero-order valence-corrected chi connectivity index (χ0v) is 27.5. The molecule has 0 fully saturated rings. The highest BCUT2D eigenvalue weighted by atomic mass is 35.5. The van der Waals surface area contributed by atoms with E-state index in [4.69, 9.17) is 23.2 Å². The first-order valence-electron chi connectivity index (χ1n) is 14.2. The number of nitrogens with one attached hydrogen (secondary N) is 1. The first-order valence-corrected chi connectivity index (χ1v) is 16.4. The molecule has 0 saturated heterocycles. The minimum absolute atomic E-state index is 0.0235. The summed E-state index contributed by atoms with van der Waals surface area (Å²) in [6, 6.07) is 21.5. The molecule has 0 saturated carbocycles. The van der Waals surface area contributed by atoms with E-state index in [0.29, 0.717) is 11.1 Å². The molecule has 2 N–H and O–H groups in total.